The first-order valence-corrected chi connectivity index (χ1v) is 4.96. The highest BCUT2D eigenvalue weighted by atomic mass is 35.5. The molecule has 0 spiro atoms. The van der Waals surface area contributed by atoms with E-state index in [1.165, 1.54) is 0 Å². The Morgan fingerprint density at radius 1 is 1.00 bits per heavy atom. The molecule has 0 saturated carbocycles. The van der Waals surface area contributed by atoms with Gasteiger partial charge in [-0.3, -0.25) is 4.79 Å². The summed E-state index contributed by atoms with van der Waals surface area (Å²) < 4.78 is 0. The van der Waals surface area contributed by atoms with Crippen LogP contribution < -0.4 is 0 Å². The van der Waals surface area contributed by atoms with Crippen molar-refractivity contribution in [3.05, 3.63) is 31.2 Å². The molecule has 2 nitrogen and oxygen atoms in total. The number of aliphatic hydroxyl groups is 1. The molecule has 1 rings (SSSR count). The molecule has 0 heterocycles. The molecule has 14 heavy (non-hydrogen) atoms. The Hall–Kier alpha value is 0.01000. The van der Waals surface area contributed by atoms with Crippen molar-refractivity contribution in [3.63, 3.8) is 0 Å². The van der Waals surface area contributed by atoms with Crippen molar-refractivity contribution in [1.29, 1.82) is 0 Å². The molecule has 0 bridgehead atoms. The second kappa shape index (κ2) is 4.69. The Kier molecular flexibility index (Phi) is 4.04. The maximum Gasteiger partial charge on any atom is 0.153 e. The smallest absolute Gasteiger partial charge is 0.153 e. The van der Waals surface area contributed by atoms with E-state index in [2.05, 4.69) is 0 Å². The van der Waals surface area contributed by atoms with E-state index in [0.29, 0.717) is 6.29 Å². The number of hydrogen-bond donors (Lipinski definition) is 1. The van der Waals surface area contributed by atoms with E-state index in [1.54, 1.807) is 0 Å². The first-order chi connectivity index (χ1) is 6.54. The predicted molar refractivity (Wildman–Crippen MR) is 57.8 cm³/mol. The Balaban J connectivity index is 3.63. The van der Waals surface area contributed by atoms with Gasteiger partial charge in [0.2, 0.25) is 0 Å². The molecule has 0 unspecified atom stereocenters. The van der Waals surface area contributed by atoms with Crippen LogP contribution in [0.25, 0.3) is 0 Å². The van der Waals surface area contributed by atoms with Crippen molar-refractivity contribution in [2.45, 2.75) is 6.61 Å². The number of aliphatic hydroxyl groups excluding tert-OH is 1. The monoisotopic (exact) mass is 272 g/mol. The first-order valence-electron chi connectivity index (χ1n) is 3.45. The van der Waals surface area contributed by atoms with Crippen LogP contribution in [0.5, 0.6) is 0 Å². The van der Waals surface area contributed by atoms with Gasteiger partial charge in [0.15, 0.2) is 6.29 Å². The first kappa shape index (κ1) is 12.1. The molecule has 1 aromatic rings. The van der Waals surface area contributed by atoms with Crippen LogP contribution in [0.3, 0.4) is 0 Å². The molecule has 1 aromatic carbocycles. The summed E-state index contributed by atoms with van der Waals surface area (Å²) in [4.78, 5) is 10.6. The third kappa shape index (κ3) is 1.86. The lowest BCUT2D eigenvalue weighted by Gasteiger charge is -2.10. The summed E-state index contributed by atoms with van der Waals surface area (Å²) in [5.41, 5.74) is 0.245. The molecule has 0 aliphatic heterocycles. The summed E-state index contributed by atoms with van der Waals surface area (Å²) >= 11 is 23.0. The molecule has 6 heteroatoms. The van der Waals surface area contributed by atoms with Crippen LogP contribution in [0.4, 0.5) is 0 Å². The van der Waals surface area contributed by atoms with Gasteiger partial charge in [-0.2, -0.15) is 0 Å². The zero-order valence-electron chi connectivity index (χ0n) is 6.65. The van der Waals surface area contributed by atoms with Crippen LogP contribution in [0.2, 0.25) is 20.1 Å². The van der Waals surface area contributed by atoms with E-state index in [-0.39, 0.29) is 31.2 Å². The summed E-state index contributed by atoms with van der Waals surface area (Å²) in [6.07, 6.45) is 0.462. The molecule has 0 aliphatic carbocycles. The topological polar surface area (TPSA) is 37.3 Å². The van der Waals surface area contributed by atoms with E-state index >= 15 is 0 Å². The molecule has 0 atom stereocenters. The lowest BCUT2D eigenvalue weighted by Crippen LogP contribution is -1.94. The van der Waals surface area contributed by atoms with Crippen molar-refractivity contribution in [1.82, 2.24) is 0 Å². The van der Waals surface area contributed by atoms with Crippen molar-refractivity contribution < 1.29 is 9.90 Å². The van der Waals surface area contributed by atoms with Gasteiger partial charge in [-0.05, 0) is 0 Å². The highest BCUT2D eigenvalue weighted by Crippen LogP contribution is 2.40. The zero-order chi connectivity index (χ0) is 10.9. The predicted octanol–water partition coefficient (Wildman–Crippen LogP) is 3.61. The Labute approximate surface area is 100 Å². The molecular formula is C8H4Cl4O2. The van der Waals surface area contributed by atoms with Crippen LogP contribution in [-0.4, -0.2) is 11.4 Å². The summed E-state index contributed by atoms with van der Waals surface area (Å²) in [5, 5.41) is 9.03. The van der Waals surface area contributed by atoms with Crippen LogP contribution in [-0.2, 0) is 6.61 Å². The van der Waals surface area contributed by atoms with Gasteiger partial charge >= 0.3 is 0 Å². The Morgan fingerprint density at radius 3 is 1.71 bits per heavy atom. The normalized spacial score (nSPS) is 10.4. The van der Waals surface area contributed by atoms with Crippen LogP contribution in [0.1, 0.15) is 15.9 Å². The average Bonchev–Trinajstić information content (AvgIpc) is 2.17. The lowest BCUT2D eigenvalue weighted by molar-refractivity contribution is 0.112. The maximum atomic E-state index is 10.6. The molecule has 0 amide bonds. The van der Waals surface area contributed by atoms with Crippen molar-refractivity contribution in [3.8, 4) is 0 Å². The van der Waals surface area contributed by atoms with Gasteiger partial charge in [0.05, 0.1) is 32.3 Å². The fraction of sp³-hybridized carbons (Fsp3) is 0.125. The van der Waals surface area contributed by atoms with Gasteiger partial charge in [0.25, 0.3) is 0 Å². The summed E-state index contributed by atoms with van der Waals surface area (Å²) in [6, 6.07) is 0. The maximum absolute atomic E-state index is 10.6. The van der Waals surface area contributed by atoms with E-state index in [9.17, 15) is 4.79 Å². The molecule has 0 fully saturated rings. The molecule has 1 N–H and O–H groups in total. The quantitative estimate of drug-likeness (QED) is 0.660. The van der Waals surface area contributed by atoms with Gasteiger partial charge in [0, 0.05) is 5.56 Å². The molecule has 76 valence electrons. The van der Waals surface area contributed by atoms with Crippen LogP contribution >= 0.6 is 46.4 Å². The van der Waals surface area contributed by atoms with E-state index in [4.69, 9.17) is 51.5 Å². The lowest BCUT2D eigenvalue weighted by atomic mass is 10.1. The third-order valence-corrected chi connectivity index (χ3v) is 3.48. The molecule has 0 aromatic heterocycles. The van der Waals surface area contributed by atoms with Gasteiger partial charge in [-0.1, -0.05) is 46.4 Å². The Bertz CT molecular complexity index is 360. The molecular weight excluding hydrogens is 270 g/mol. The third-order valence-electron chi connectivity index (χ3n) is 1.66. The number of benzene rings is 1. The summed E-state index contributed by atoms with van der Waals surface area (Å²) in [5.74, 6) is 0. The number of carbonyl (C=O) groups is 1. The zero-order valence-corrected chi connectivity index (χ0v) is 9.68. The number of hydrogen-bond acceptors (Lipinski definition) is 2. The minimum atomic E-state index is -0.393. The van der Waals surface area contributed by atoms with Crippen molar-refractivity contribution >= 4 is 52.7 Å². The number of halogens is 4. The molecule has 0 saturated heterocycles. The molecule has 0 radical (unpaired) electrons. The Morgan fingerprint density at radius 2 is 1.43 bits per heavy atom. The number of rotatable bonds is 2. The highest BCUT2D eigenvalue weighted by molar-refractivity contribution is 6.50. The number of carbonyl (C=O) groups excluding carboxylic acids is 1. The fourth-order valence-corrected chi connectivity index (χ4v) is 2.05. The van der Waals surface area contributed by atoms with Gasteiger partial charge in [0.1, 0.15) is 0 Å². The highest BCUT2D eigenvalue weighted by Gasteiger charge is 2.18. The van der Waals surface area contributed by atoms with E-state index < -0.39 is 6.61 Å². The minimum absolute atomic E-state index is 0.000108. The summed E-state index contributed by atoms with van der Waals surface area (Å²) in [6.45, 7) is -0.393. The SMILES string of the molecule is O=Cc1c(Cl)c(Cl)c(CO)c(Cl)c1Cl. The van der Waals surface area contributed by atoms with Crippen LogP contribution in [0, 0.1) is 0 Å². The second-order valence-corrected chi connectivity index (χ2v) is 3.94. The standard InChI is InChI=1S/C8H4Cl4O2/c9-5-3(1-13)6(10)8(12)4(2-14)7(5)11/h1,14H,2H2. The van der Waals surface area contributed by atoms with E-state index in [1.807, 2.05) is 0 Å². The minimum Gasteiger partial charge on any atom is -0.392 e. The van der Waals surface area contributed by atoms with Gasteiger partial charge in [-0.15, -0.1) is 0 Å². The van der Waals surface area contributed by atoms with Crippen molar-refractivity contribution in [2.75, 3.05) is 0 Å². The van der Waals surface area contributed by atoms with Crippen LogP contribution in [0.15, 0.2) is 0 Å². The average molecular weight is 274 g/mol. The van der Waals surface area contributed by atoms with Crippen molar-refractivity contribution in [2.24, 2.45) is 0 Å². The number of aldehydes is 1. The van der Waals surface area contributed by atoms with E-state index in [0.717, 1.165) is 0 Å². The van der Waals surface area contributed by atoms with Gasteiger partial charge < -0.3 is 5.11 Å². The summed E-state index contributed by atoms with van der Waals surface area (Å²) in [7, 11) is 0. The molecule has 0 aliphatic rings. The fourth-order valence-electron chi connectivity index (χ4n) is 0.936. The van der Waals surface area contributed by atoms with Gasteiger partial charge in [-0.25, -0.2) is 0 Å². The largest absolute Gasteiger partial charge is 0.392 e. The second-order valence-electron chi connectivity index (χ2n) is 2.42.